The van der Waals surface area contributed by atoms with Crippen LogP contribution in [0.3, 0.4) is 0 Å². The van der Waals surface area contributed by atoms with Gasteiger partial charge in [0.15, 0.2) is 5.78 Å². The Morgan fingerprint density at radius 1 is 1.08 bits per heavy atom. The van der Waals surface area contributed by atoms with Gasteiger partial charge >= 0.3 is 0 Å². The van der Waals surface area contributed by atoms with Crippen LogP contribution in [-0.2, 0) is 4.79 Å². The summed E-state index contributed by atoms with van der Waals surface area (Å²) in [4.78, 5) is 21.4. The molecule has 5 heteroatoms. The van der Waals surface area contributed by atoms with Crippen molar-refractivity contribution in [1.29, 1.82) is 0 Å². The molecule has 0 spiro atoms. The third-order valence-corrected chi connectivity index (χ3v) is 4.63. The Bertz CT molecular complexity index is 826. The molecule has 1 atom stereocenters. The summed E-state index contributed by atoms with van der Waals surface area (Å²) >= 11 is 0. The van der Waals surface area contributed by atoms with E-state index in [0.717, 1.165) is 34.6 Å². The van der Waals surface area contributed by atoms with Gasteiger partial charge in [0.1, 0.15) is 0 Å². The van der Waals surface area contributed by atoms with E-state index < -0.39 is 0 Å². The number of fused-ring (bicyclic) bond motifs is 1. The number of hydrogen-bond acceptors (Lipinski definition) is 5. The van der Waals surface area contributed by atoms with Crippen molar-refractivity contribution in [1.82, 2.24) is 9.97 Å². The van der Waals surface area contributed by atoms with Gasteiger partial charge in [0.25, 0.3) is 0 Å². The molecule has 122 valence electrons. The van der Waals surface area contributed by atoms with Crippen molar-refractivity contribution in [2.45, 2.75) is 32.7 Å². The molecule has 0 amide bonds. The molecule has 2 N–H and O–H groups in total. The van der Waals surface area contributed by atoms with Crippen molar-refractivity contribution in [2.75, 3.05) is 10.6 Å². The van der Waals surface area contributed by atoms with E-state index in [1.165, 1.54) is 0 Å². The number of hydrogen-bond donors (Lipinski definition) is 2. The minimum Gasteiger partial charge on any atom is -0.372 e. The number of pyridine rings is 2. The fourth-order valence-corrected chi connectivity index (χ4v) is 3.59. The number of aromatic nitrogens is 2. The monoisotopic (exact) mass is 320 g/mol. The fraction of sp³-hybridized carbons (Fsp3) is 0.316. The molecule has 0 aromatic carbocycles. The normalized spacial score (nSPS) is 21.9. The third kappa shape index (κ3) is 2.56. The lowest BCUT2D eigenvalue weighted by molar-refractivity contribution is -0.118. The highest BCUT2D eigenvalue weighted by atomic mass is 16.1. The van der Waals surface area contributed by atoms with Crippen LogP contribution in [0.1, 0.15) is 38.3 Å². The average molecular weight is 320 g/mol. The second kappa shape index (κ2) is 5.44. The van der Waals surface area contributed by atoms with E-state index in [1.54, 1.807) is 18.6 Å². The Hall–Kier alpha value is -2.69. The second-order valence-corrected chi connectivity index (χ2v) is 7.24. The number of ketones is 1. The first kappa shape index (κ1) is 14.9. The predicted octanol–water partition coefficient (Wildman–Crippen LogP) is 3.70. The lowest BCUT2D eigenvalue weighted by Crippen LogP contribution is -2.31. The first-order chi connectivity index (χ1) is 11.5. The van der Waals surface area contributed by atoms with Crippen LogP contribution in [0.4, 0.5) is 11.4 Å². The van der Waals surface area contributed by atoms with E-state index >= 15 is 0 Å². The zero-order chi connectivity index (χ0) is 16.7. The average Bonchev–Trinajstić information content (AvgIpc) is 2.70. The molecule has 3 heterocycles. The smallest absolute Gasteiger partial charge is 0.163 e. The quantitative estimate of drug-likeness (QED) is 0.838. The highest BCUT2D eigenvalue weighted by Gasteiger charge is 2.38. The summed E-state index contributed by atoms with van der Waals surface area (Å²) < 4.78 is 0. The molecule has 0 saturated heterocycles. The van der Waals surface area contributed by atoms with Crippen molar-refractivity contribution in [3.05, 3.63) is 59.8 Å². The van der Waals surface area contributed by atoms with Gasteiger partial charge in [-0.05, 0) is 29.5 Å². The lowest BCUT2D eigenvalue weighted by atomic mass is 9.73. The van der Waals surface area contributed by atoms with E-state index in [9.17, 15) is 4.79 Å². The molecule has 24 heavy (non-hydrogen) atoms. The van der Waals surface area contributed by atoms with Crippen molar-refractivity contribution in [2.24, 2.45) is 5.41 Å². The molecule has 1 unspecified atom stereocenters. The molecule has 2 aliphatic rings. The van der Waals surface area contributed by atoms with Gasteiger partial charge < -0.3 is 10.6 Å². The zero-order valence-electron chi connectivity index (χ0n) is 13.8. The third-order valence-electron chi connectivity index (χ3n) is 4.63. The van der Waals surface area contributed by atoms with Crippen LogP contribution < -0.4 is 10.6 Å². The van der Waals surface area contributed by atoms with Gasteiger partial charge in [0.05, 0.1) is 23.6 Å². The summed E-state index contributed by atoms with van der Waals surface area (Å²) in [6, 6.07) is 5.64. The Morgan fingerprint density at radius 3 is 2.71 bits per heavy atom. The number of carbonyl (C=O) groups is 1. The van der Waals surface area contributed by atoms with Crippen molar-refractivity contribution in [3.8, 4) is 0 Å². The van der Waals surface area contributed by atoms with Crippen LogP contribution in [0.25, 0.3) is 0 Å². The molecule has 2 aromatic rings. The summed E-state index contributed by atoms with van der Waals surface area (Å²) in [5.41, 5.74) is 4.60. The van der Waals surface area contributed by atoms with E-state index in [0.29, 0.717) is 6.42 Å². The van der Waals surface area contributed by atoms with Gasteiger partial charge in [-0.25, -0.2) is 0 Å². The molecule has 0 radical (unpaired) electrons. The summed E-state index contributed by atoms with van der Waals surface area (Å²) in [5.74, 6) is 0.191. The van der Waals surface area contributed by atoms with Crippen molar-refractivity contribution in [3.63, 3.8) is 0 Å². The van der Waals surface area contributed by atoms with Crippen LogP contribution in [0.15, 0.2) is 54.3 Å². The number of nitrogens with zero attached hydrogens (tertiary/aromatic N) is 2. The number of nitrogens with one attached hydrogen (secondary N) is 2. The van der Waals surface area contributed by atoms with Gasteiger partial charge in [-0.15, -0.1) is 0 Å². The Morgan fingerprint density at radius 2 is 1.92 bits per heavy atom. The van der Waals surface area contributed by atoms with E-state index in [2.05, 4.69) is 34.4 Å². The predicted molar refractivity (Wildman–Crippen MR) is 93.5 cm³/mol. The summed E-state index contributed by atoms with van der Waals surface area (Å²) in [7, 11) is 0. The first-order valence-electron chi connectivity index (χ1n) is 8.17. The molecule has 0 bridgehead atoms. The Balaban J connectivity index is 1.89. The number of allylic oxidation sites excluding steroid dienone is 1. The summed E-state index contributed by atoms with van der Waals surface area (Å²) in [6.07, 6.45) is 8.51. The van der Waals surface area contributed by atoms with Crippen LogP contribution in [0, 0.1) is 5.41 Å². The van der Waals surface area contributed by atoms with Crippen molar-refractivity contribution < 1.29 is 4.79 Å². The van der Waals surface area contributed by atoms with Gasteiger partial charge in [-0.2, -0.15) is 0 Å². The maximum atomic E-state index is 13.0. The molecular weight excluding hydrogens is 300 g/mol. The van der Waals surface area contributed by atoms with E-state index in [1.807, 2.05) is 24.4 Å². The standard InChI is InChI=1S/C19H20N4O/c1-19(2)8-14-17(16(24)9-19)18(12-4-3-6-20-10-12)23-13-5-7-21-11-15(13)22-14/h3-7,10-11,18,22-23H,8-9H2,1-2H3. The minimum absolute atomic E-state index is 0.0465. The van der Waals surface area contributed by atoms with E-state index in [4.69, 9.17) is 0 Å². The van der Waals surface area contributed by atoms with Crippen molar-refractivity contribution >= 4 is 17.2 Å². The van der Waals surface area contributed by atoms with Crippen LogP contribution >= 0.6 is 0 Å². The van der Waals surface area contributed by atoms with Crippen LogP contribution in [-0.4, -0.2) is 15.8 Å². The molecule has 4 rings (SSSR count). The Labute approximate surface area is 141 Å². The van der Waals surface area contributed by atoms with Crippen LogP contribution in [0.2, 0.25) is 0 Å². The number of rotatable bonds is 1. The highest BCUT2D eigenvalue weighted by molar-refractivity contribution is 6.01. The lowest BCUT2D eigenvalue weighted by Gasteiger charge is -2.34. The molecule has 0 saturated carbocycles. The molecule has 2 aromatic heterocycles. The summed E-state index contributed by atoms with van der Waals surface area (Å²) in [6.45, 7) is 4.27. The fourth-order valence-electron chi connectivity index (χ4n) is 3.59. The molecule has 1 aliphatic carbocycles. The second-order valence-electron chi connectivity index (χ2n) is 7.24. The maximum Gasteiger partial charge on any atom is 0.163 e. The molecule has 0 fully saturated rings. The van der Waals surface area contributed by atoms with Gasteiger partial charge in [0.2, 0.25) is 0 Å². The summed E-state index contributed by atoms with van der Waals surface area (Å²) in [5, 5.41) is 6.97. The molecule has 5 nitrogen and oxygen atoms in total. The number of Topliss-reactive ketones (excluding diaryl/α,β-unsaturated/α-hetero) is 1. The number of carbonyl (C=O) groups excluding carboxylic acids is 1. The SMILES string of the molecule is CC1(C)CC(=O)C2=C(C1)Nc1cnccc1NC2c1cccnc1. The Kier molecular flexibility index (Phi) is 3.37. The molecule has 1 aliphatic heterocycles. The van der Waals surface area contributed by atoms with Gasteiger partial charge in [-0.3, -0.25) is 14.8 Å². The zero-order valence-corrected chi connectivity index (χ0v) is 13.8. The maximum absolute atomic E-state index is 13.0. The van der Waals surface area contributed by atoms with Gasteiger partial charge in [-0.1, -0.05) is 19.9 Å². The highest BCUT2D eigenvalue weighted by Crippen LogP contribution is 2.44. The topological polar surface area (TPSA) is 66.9 Å². The molecular formula is C19H20N4O. The minimum atomic E-state index is -0.201. The first-order valence-corrected chi connectivity index (χ1v) is 8.17. The van der Waals surface area contributed by atoms with E-state index in [-0.39, 0.29) is 17.2 Å². The number of anilines is 2. The van der Waals surface area contributed by atoms with Gasteiger partial charge in [0, 0.05) is 36.3 Å². The van der Waals surface area contributed by atoms with Crippen LogP contribution in [0.5, 0.6) is 0 Å². The largest absolute Gasteiger partial charge is 0.372 e.